The van der Waals surface area contributed by atoms with Crippen molar-refractivity contribution in [1.29, 1.82) is 0 Å². The molecular weight excluding hydrogens is 273 g/mol. The molecule has 1 saturated heterocycles. The number of morpholine rings is 1. The van der Waals surface area contributed by atoms with Crippen molar-refractivity contribution in [3.8, 4) is 0 Å². The first-order valence-electron chi connectivity index (χ1n) is 5.74. The zero-order valence-electron chi connectivity index (χ0n) is 10.7. The van der Waals surface area contributed by atoms with Gasteiger partial charge in [0.25, 0.3) is 0 Å². The molecule has 2 N–H and O–H groups in total. The third-order valence-corrected chi connectivity index (χ3v) is 2.79. The van der Waals surface area contributed by atoms with Crippen LogP contribution in [0.5, 0.6) is 0 Å². The van der Waals surface area contributed by atoms with Gasteiger partial charge in [0, 0.05) is 25.8 Å². The fourth-order valence-corrected chi connectivity index (χ4v) is 2.13. The van der Waals surface area contributed by atoms with Crippen LogP contribution < -0.4 is 10.6 Å². The van der Waals surface area contributed by atoms with E-state index in [-0.39, 0.29) is 37.0 Å². The SMILES string of the molecule is C[C@@H]1CN(c2cc(CN)ccn2)C[C@H](C)O1.Cl.Cl. The van der Waals surface area contributed by atoms with Gasteiger partial charge < -0.3 is 15.4 Å². The van der Waals surface area contributed by atoms with Gasteiger partial charge in [-0.2, -0.15) is 0 Å². The third kappa shape index (κ3) is 4.28. The molecule has 0 aliphatic carbocycles. The van der Waals surface area contributed by atoms with Crippen LogP contribution in [0.2, 0.25) is 0 Å². The number of nitrogens with zero attached hydrogens (tertiary/aromatic N) is 2. The van der Waals surface area contributed by atoms with Gasteiger partial charge in [-0.05, 0) is 31.5 Å². The molecule has 0 amide bonds. The van der Waals surface area contributed by atoms with Crippen LogP contribution in [-0.2, 0) is 11.3 Å². The summed E-state index contributed by atoms with van der Waals surface area (Å²) in [5.41, 5.74) is 6.75. The summed E-state index contributed by atoms with van der Waals surface area (Å²) >= 11 is 0. The highest BCUT2D eigenvalue weighted by Crippen LogP contribution is 2.18. The Bertz CT molecular complexity index is 355. The van der Waals surface area contributed by atoms with E-state index in [9.17, 15) is 0 Å². The number of anilines is 1. The van der Waals surface area contributed by atoms with Crippen molar-refractivity contribution >= 4 is 30.6 Å². The molecule has 0 unspecified atom stereocenters. The molecule has 2 atom stereocenters. The molecule has 0 bridgehead atoms. The van der Waals surface area contributed by atoms with E-state index in [0.29, 0.717) is 6.54 Å². The van der Waals surface area contributed by atoms with E-state index in [4.69, 9.17) is 10.5 Å². The summed E-state index contributed by atoms with van der Waals surface area (Å²) in [6.07, 6.45) is 2.33. The van der Waals surface area contributed by atoms with E-state index >= 15 is 0 Å². The van der Waals surface area contributed by atoms with Crippen molar-refractivity contribution in [3.05, 3.63) is 23.9 Å². The summed E-state index contributed by atoms with van der Waals surface area (Å²) in [4.78, 5) is 6.66. The van der Waals surface area contributed by atoms with Gasteiger partial charge in [-0.1, -0.05) is 0 Å². The summed E-state index contributed by atoms with van der Waals surface area (Å²) in [6, 6.07) is 4.02. The maximum absolute atomic E-state index is 5.70. The molecule has 18 heavy (non-hydrogen) atoms. The van der Waals surface area contributed by atoms with Crippen molar-refractivity contribution in [1.82, 2.24) is 4.98 Å². The Morgan fingerprint density at radius 2 is 1.94 bits per heavy atom. The van der Waals surface area contributed by atoms with Crippen LogP contribution in [0.1, 0.15) is 19.4 Å². The molecule has 4 nitrogen and oxygen atoms in total. The average Bonchev–Trinajstić information content (AvgIpc) is 2.28. The normalized spacial score (nSPS) is 22.9. The van der Waals surface area contributed by atoms with E-state index < -0.39 is 0 Å². The van der Waals surface area contributed by atoms with Crippen LogP contribution in [-0.4, -0.2) is 30.3 Å². The zero-order valence-corrected chi connectivity index (χ0v) is 12.3. The monoisotopic (exact) mass is 293 g/mol. The molecule has 1 aromatic rings. The fraction of sp³-hybridized carbons (Fsp3) is 0.583. The second-order valence-electron chi connectivity index (χ2n) is 4.39. The summed E-state index contributed by atoms with van der Waals surface area (Å²) in [6.45, 7) is 6.53. The van der Waals surface area contributed by atoms with E-state index in [1.807, 2.05) is 12.3 Å². The van der Waals surface area contributed by atoms with Crippen molar-refractivity contribution in [2.45, 2.75) is 32.6 Å². The minimum Gasteiger partial charge on any atom is -0.372 e. The summed E-state index contributed by atoms with van der Waals surface area (Å²) in [5, 5.41) is 0. The zero-order chi connectivity index (χ0) is 11.5. The molecule has 1 aromatic heterocycles. The largest absolute Gasteiger partial charge is 0.372 e. The second-order valence-corrected chi connectivity index (χ2v) is 4.39. The summed E-state index contributed by atoms with van der Waals surface area (Å²) in [7, 11) is 0. The van der Waals surface area contributed by atoms with Crippen molar-refractivity contribution in [2.75, 3.05) is 18.0 Å². The summed E-state index contributed by atoms with van der Waals surface area (Å²) in [5.74, 6) is 1.00. The molecule has 0 saturated carbocycles. The predicted molar refractivity (Wildman–Crippen MR) is 78.8 cm³/mol. The second kappa shape index (κ2) is 7.79. The topological polar surface area (TPSA) is 51.4 Å². The fourth-order valence-electron chi connectivity index (χ4n) is 2.13. The lowest BCUT2D eigenvalue weighted by Crippen LogP contribution is -2.45. The Hall–Kier alpha value is -0.550. The van der Waals surface area contributed by atoms with Gasteiger partial charge in [-0.15, -0.1) is 24.8 Å². The Balaban J connectivity index is 0.00000144. The number of nitrogens with two attached hydrogens (primary N) is 1. The number of hydrogen-bond donors (Lipinski definition) is 1. The third-order valence-electron chi connectivity index (χ3n) is 2.79. The molecule has 0 radical (unpaired) electrons. The Morgan fingerprint density at radius 3 is 2.50 bits per heavy atom. The Morgan fingerprint density at radius 1 is 1.33 bits per heavy atom. The molecule has 0 aromatic carbocycles. The first kappa shape index (κ1) is 17.4. The number of hydrogen-bond acceptors (Lipinski definition) is 4. The van der Waals surface area contributed by atoms with Crippen molar-refractivity contribution in [2.24, 2.45) is 5.73 Å². The number of rotatable bonds is 2. The van der Waals surface area contributed by atoms with E-state index in [2.05, 4.69) is 29.8 Å². The van der Waals surface area contributed by atoms with Gasteiger partial charge in [-0.25, -0.2) is 4.98 Å². The van der Waals surface area contributed by atoms with Gasteiger partial charge in [-0.3, -0.25) is 0 Å². The van der Waals surface area contributed by atoms with Crippen LogP contribution in [0, 0.1) is 0 Å². The van der Waals surface area contributed by atoms with Crippen LogP contribution in [0.25, 0.3) is 0 Å². The molecule has 1 aliphatic rings. The molecule has 1 fully saturated rings. The number of aromatic nitrogens is 1. The van der Waals surface area contributed by atoms with Crippen LogP contribution >= 0.6 is 24.8 Å². The maximum atomic E-state index is 5.70. The predicted octanol–water partition coefficient (Wildman–Crippen LogP) is 2.00. The van der Waals surface area contributed by atoms with Gasteiger partial charge in [0.15, 0.2) is 0 Å². The van der Waals surface area contributed by atoms with Gasteiger partial charge in [0.05, 0.1) is 12.2 Å². The molecule has 6 heteroatoms. The molecule has 2 rings (SSSR count). The first-order chi connectivity index (χ1) is 7.69. The molecule has 104 valence electrons. The van der Waals surface area contributed by atoms with E-state index in [1.54, 1.807) is 0 Å². The van der Waals surface area contributed by atoms with Gasteiger partial charge in [0.1, 0.15) is 5.82 Å². The highest BCUT2D eigenvalue weighted by Gasteiger charge is 2.22. The van der Waals surface area contributed by atoms with Crippen molar-refractivity contribution in [3.63, 3.8) is 0 Å². The standard InChI is InChI=1S/C12H19N3O.2ClH/c1-9-7-15(8-10(2)16-9)12-5-11(6-13)3-4-14-12;;/h3-5,9-10H,6-8,13H2,1-2H3;2*1H/t9-,10+;;. The van der Waals surface area contributed by atoms with Crippen LogP contribution in [0.15, 0.2) is 18.3 Å². The van der Waals surface area contributed by atoms with Gasteiger partial charge >= 0.3 is 0 Å². The van der Waals surface area contributed by atoms with E-state index in [0.717, 1.165) is 24.5 Å². The minimum absolute atomic E-state index is 0. The lowest BCUT2D eigenvalue weighted by Gasteiger charge is -2.36. The smallest absolute Gasteiger partial charge is 0.128 e. The quantitative estimate of drug-likeness (QED) is 0.906. The highest BCUT2D eigenvalue weighted by atomic mass is 35.5. The molecule has 2 heterocycles. The van der Waals surface area contributed by atoms with Crippen LogP contribution in [0.3, 0.4) is 0 Å². The molecule has 0 spiro atoms. The minimum atomic E-state index is 0. The highest BCUT2D eigenvalue weighted by molar-refractivity contribution is 5.85. The Kier molecular flexibility index (Phi) is 7.55. The van der Waals surface area contributed by atoms with E-state index in [1.165, 1.54) is 0 Å². The molecular formula is C12H21Cl2N3O. The Labute approximate surface area is 121 Å². The number of pyridine rings is 1. The van der Waals surface area contributed by atoms with Crippen molar-refractivity contribution < 1.29 is 4.74 Å². The first-order valence-corrected chi connectivity index (χ1v) is 5.74. The lowest BCUT2D eigenvalue weighted by atomic mass is 10.2. The lowest BCUT2D eigenvalue weighted by molar-refractivity contribution is -0.00546. The van der Waals surface area contributed by atoms with Crippen LogP contribution in [0.4, 0.5) is 5.82 Å². The summed E-state index contributed by atoms with van der Waals surface area (Å²) < 4.78 is 5.70. The maximum Gasteiger partial charge on any atom is 0.128 e. The molecule has 1 aliphatic heterocycles. The number of ether oxygens (including phenoxy) is 1. The average molecular weight is 294 g/mol. The number of halogens is 2. The van der Waals surface area contributed by atoms with Gasteiger partial charge in [0.2, 0.25) is 0 Å².